The Labute approximate surface area is 191 Å². The van der Waals surface area contributed by atoms with E-state index < -0.39 is 8.80 Å². The first kappa shape index (κ1) is 24.1. The summed E-state index contributed by atoms with van der Waals surface area (Å²) in [5.74, 6) is -0.503. The van der Waals surface area contributed by atoms with Crippen LogP contribution in [0.25, 0.3) is 12.2 Å². The van der Waals surface area contributed by atoms with Gasteiger partial charge in [0.25, 0.3) is 11.8 Å². The summed E-state index contributed by atoms with van der Waals surface area (Å²) in [6, 6.07) is 15.9. The molecule has 2 amide bonds. The fourth-order valence-electron chi connectivity index (χ4n) is 3.83. The lowest BCUT2D eigenvalue weighted by Gasteiger charge is -2.28. The van der Waals surface area contributed by atoms with Crippen molar-refractivity contribution in [1.82, 2.24) is 4.90 Å². The van der Waals surface area contributed by atoms with E-state index in [-0.39, 0.29) is 11.8 Å². The first-order valence-corrected chi connectivity index (χ1v) is 13.1. The summed E-state index contributed by atoms with van der Waals surface area (Å²) in [5, 5.41) is 0. The van der Waals surface area contributed by atoms with Crippen LogP contribution in [0.3, 0.4) is 0 Å². The van der Waals surface area contributed by atoms with Gasteiger partial charge < -0.3 is 13.3 Å². The lowest BCUT2D eigenvalue weighted by Crippen LogP contribution is -2.46. The van der Waals surface area contributed by atoms with Gasteiger partial charge in [-0.15, -0.1) is 0 Å². The third-order valence-electron chi connectivity index (χ3n) is 5.22. The quantitative estimate of drug-likeness (QED) is 0.260. The highest BCUT2D eigenvalue weighted by Gasteiger charge is 2.41. The number of fused-ring (bicyclic) bond motifs is 1. The van der Waals surface area contributed by atoms with E-state index in [1.165, 1.54) is 4.90 Å². The molecule has 0 atom stereocenters. The largest absolute Gasteiger partial charge is 0.500 e. The maximum absolute atomic E-state index is 13.0. The summed E-state index contributed by atoms with van der Waals surface area (Å²) in [4.78, 5) is 27.1. The van der Waals surface area contributed by atoms with E-state index in [1.54, 1.807) is 12.1 Å². The van der Waals surface area contributed by atoms with Crippen molar-refractivity contribution in [3.63, 3.8) is 0 Å². The number of hydrogen-bond donors (Lipinski definition) is 0. The molecule has 7 heteroatoms. The fraction of sp³-hybridized carbons (Fsp3) is 0.360. The Kier molecular flexibility index (Phi) is 8.52. The highest BCUT2D eigenvalue weighted by molar-refractivity contribution is 6.60. The molecule has 0 saturated heterocycles. The molecule has 6 nitrogen and oxygen atoms in total. The second kappa shape index (κ2) is 11.3. The van der Waals surface area contributed by atoms with Crippen LogP contribution in [-0.4, -0.2) is 51.9 Å². The molecule has 170 valence electrons. The number of rotatable bonds is 12. The Morgan fingerprint density at radius 1 is 0.781 bits per heavy atom. The number of hydrogen-bond acceptors (Lipinski definition) is 5. The van der Waals surface area contributed by atoms with E-state index >= 15 is 0 Å². The molecule has 32 heavy (non-hydrogen) atoms. The SMILES string of the molecule is CCO[Si](CCCN1C(=O)c2ccc(C=Cc3ccccc3)cc2C1=O)(OCC)OCC. The second-order valence-corrected chi connectivity index (χ2v) is 10.1. The Bertz CT molecular complexity index is 943. The van der Waals surface area contributed by atoms with Gasteiger partial charge in [-0.2, -0.15) is 0 Å². The number of amides is 2. The fourth-order valence-corrected chi connectivity index (χ4v) is 6.42. The van der Waals surface area contributed by atoms with Gasteiger partial charge in [-0.25, -0.2) is 0 Å². The number of imide groups is 1. The van der Waals surface area contributed by atoms with Crippen LogP contribution in [0.15, 0.2) is 48.5 Å². The molecular weight excluding hydrogens is 422 g/mol. The summed E-state index contributed by atoms with van der Waals surface area (Å²) in [6.07, 6.45) is 4.50. The standard InChI is InChI=1S/C25H31NO5Si/c1-4-29-32(30-5-2,31-6-3)18-10-17-26-24(27)22-16-15-21(19-23(22)25(26)28)14-13-20-11-8-7-9-12-20/h7-9,11-16,19H,4-6,10,17-18H2,1-3H3. The molecule has 0 radical (unpaired) electrons. The molecule has 2 aromatic carbocycles. The molecule has 2 aromatic rings. The Hall–Kier alpha value is -2.58. The van der Waals surface area contributed by atoms with Crippen molar-refractivity contribution in [3.05, 3.63) is 70.8 Å². The Balaban J connectivity index is 1.68. The molecule has 1 aliphatic rings. The molecule has 0 aliphatic carbocycles. The minimum Gasteiger partial charge on any atom is -0.374 e. The minimum atomic E-state index is -2.80. The third kappa shape index (κ3) is 5.61. The van der Waals surface area contributed by atoms with Crippen molar-refractivity contribution in [2.45, 2.75) is 33.2 Å². The van der Waals surface area contributed by atoms with Crippen molar-refractivity contribution in [3.8, 4) is 0 Å². The summed E-state index contributed by atoms with van der Waals surface area (Å²) < 4.78 is 17.6. The topological polar surface area (TPSA) is 65.1 Å². The van der Waals surface area contributed by atoms with Gasteiger partial charge in [-0.1, -0.05) is 48.6 Å². The Morgan fingerprint density at radius 2 is 1.38 bits per heavy atom. The van der Waals surface area contributed by atoms with Gasteiger partial charge in [0.15, 0.2) is 0 Å². The zero-order valence-corrected chi connectivity index (χ0v) is 20.0. The number of carbonyl (C=O) groups excluding carboxylic acids is 2. The Morgan fingerprint density at radius 3 is 2.00 bits per heavy atom. The predicted molar refractivity (Wildman–Crippen MR) is 127 cm³/mol. The lowest BCUT2D eigenvalue weighted by atomic mass is 10.0. The van der Waals surface area contributed by atoms with Crippen LogP contribution in [0.1, 0.15) is 59.0 Å². The summed E-state index contributed by atoms with van der Waals surface area (Å²) in [5.41, 5.74) is 2.86. The van der Waals surface area contributed by atoms with Gasteiger partial charge in [0.2, 0.25) is 0 Å². The van der Waals surface area contributed by atoms with Gasteiger partial charge in [0, 0.05) is 32.4 Å². The smallest absolute Gasteiger partial charge is 0.374 e. The molecule has 0 saturated carbocycles. The van der Waals surface area contributed by atoms with Crippen molar-refractivity contribution >= 4 is 32.8 Å². The molecular formula is C25H31NO5Si. The molecule has 0 bridgehead atoms. The molecule has 0 fully saturated rings. The van der Waals surface area contributed by atoms with Crippen LogP contribution in [0.5, 0.6) is 0 Å². The van der Waals surface area contributed by atoms with Crippen LogP contribution in [0.4, 0.5) is 0 Å². The number of nitrogens with zero attached hydrogens (tertiary/aromatic N) is 1. The first-order valence-electron chi connectivity index (χ1n) is 11.2. The highest BCUT2D eigenvalue weighted by Crippen LogP contribution is 2.26. The van der Waals surface area contributed by atoms with Crippen molar-refractivity contribution in [2.75, 3.05) is 26.4 Å². The highest BCUT2D eigenvalue weighted by atomic mass is 28.4. The molecule has 3 rings (SSSR count). The molecule has 0 aromatic heterocycles. The third-order valence-corrected chi connectivity index (χ3v) is 8.37. The van der Waals surface area contributed by atoms with E-state index in [0.29, 0.717) is 50.0 Å². The molecule has 0 unspecified atom stereocenters. The van der Waals surface area contributed by atoms with Crippen LogP contribution in [-0.2, 0) is 13.3 Å². The molecule has 0 spiro atoms. The normalized spacial score (nSPS) is 13.9. The average Bonchev–Trinajstić information content (AvgIpc) is 3.03. The summed E-state index contributed by atoms with van der Waals surface area (Å²) in [7, 11) is -2.80. The van der Waals surface area contributed by atoms with Crippen LogP contribution in [0.2, 0.25) is 6.04 Å². The maximum Gasteiger partial charge on any atom is 0.500 e. The van der Waals surface area contributed by atoms with E-state index in [1.807, 2.05) is 69.3 Å². The van der Waals surface area contributed by atoms with Crippen LogP contribution >= 0.6 is 0 Å². The van der Waals surface area contributed by atoms with E-state index in [4.69, 9.17) is 13.3 Å². The van der Waals surface area contributed by atoms with Crippen molar-refractivity contribution in [1.29, 1.82) is 0 Å². The molecule has 1 heterocycles. The average molecular weight is 454 g/mol. The number of carbonyl (C=O) groups is 2. The van der Waals surface area contributed by atoms with Crippen LogP contribution in [0, 0.1) is 0 Å². The second-order valence-electron chi connectivity index (χ2n) is 7.40. The first-order chi connectivity index (χ1) is 15.5. The van der Waals surface area contributed by atoms with E-state index in [9.17, 15) is 9.59 Å². The molecule has 0 N–H and O–H groups in total. The zero-order valence-electron chi connectivity index (χ0n) is 19.0. The summed E-state index contributed by atoms with van der Waals surface area (Å²) in [6.45, 7) is 7.54. The van der Waals surface area contributed by atoms with Gasteiger partial charge in [0.05, 0.1) is 11.1 Å². The zero-order chi connectivity index (χ0) is 23.0. The van der Waals surface area contributed by atoms with Gasteiger partial charge >= 0.3 is 8.80 Å². The van der Waals surface area contributed by atoms with E-state index in [0.717, 1.165) is 11.1 Å². The minimum absolute atomic E-state index is 0.250. The molecule has 1 aliphatic heterocycles. The van der Waals surface area contributed by atoms with Crippen molar-refractivity contribution in [2.24, 2.45) is 0 Å². The van der Waals surface area contributed by atoms with E-state index in [2.05, 4.69) is 0 Å². The maximum atomic E-state index is 13.0. The lowest BCUT2D eigenvalue weighted by molar-refractivity contribution is 0.0612. The predicted octanol–water partition coefficient (Wildman–Crippen LogP) is 4.89. The number of benzene rings is 2. The van der Waals surface area contributed by atoms with Crippen LogP contribution < -0.4 is 0 Å². The van der Waals surface area contributed by atoms with Crippen molar-refractivity contribution < 1.29 is 22.9 Å². The van der Waals surface area contributed by atoms with Gasteiger partial charge in [-0.05, 0) is 50.5 Å². The monoisotopic (exact) mass is 453 g/mol. The van der Waals surface area contributed by atoms with Gasteiger partial charge in [-0.3, -0.25) is 14.5 Å². The summed E-state index contributed by atoms with van der Waals surface area (Å²) >= 11 is 0. The van der Waals surface area contributed by atoms with Gasteiger partial charge in [0.1, 0.15) is 0 Å².